The molecule has 0 aromatic heterocycles. The van der Waals surface area contributed by atoms with Gasteiger partial charge in [-0.3, -0.25) is 9.59 Å². The molecular weight excluding hydrogens is 176 g/mol. The molecule has 0 radical (unpaired) electrons. The zero-order valence-electron chi connectivity index (χ0n) is 7.03. The highest BCUT2D eigenvalue weighted by Gasteiger charge is 2.06. The number of hydrogen-bond acceptors (Lipinski definition) is 4. The Hall–Kier alpha value is -1.02. The van der Waals surface area contributed by atoms with Gasteiger partial charge in [0.25, 0.3) is 0 Å². The standard InChI is InChI=1S/C7H10N2O2S/c1-6(10)9(5-8)3-4-12-7(2)11/h3-4H2,1-2H3. The first-order chi connectivity index (χ1) is 5.57. The molecule has 0 saturated heterocycles. The van der Waals surface area contributed by atoms with E-state index in [1.165, 1.54) is 13.8 Å². The van der Waals surface area contributed by atoms with Crippen LogP contribution in [0.5, 0.6) is 0 Å². The maximum Gasteiger partial charge on any atom is 0.232 e. The molecular formula is C7H10N2O2S. The summed E-state index contributed by atoms with van der Waals surface area (Å²) in [6.45, 7) is 3.08. The summed E-state index contributed by atoms with van der Waals surface area (Å²) in [7, 11) is 0. The predicted octanol–water partition coefficient (Wildman–Crippen LogP) is 0.596. The minimum atomic E-state index is -0.290. The minimum Gasteiger partial charge on any atom is -0.288 e. The molecule has 1 amide bonds. The topological polar surface area (TPSA) is 61.2 Å². The average Bonchev–Trinajstić information content (AvgIpc) is 1.96. The molecule has 0 spiro atoms. The van der Waals surface area contributed by atoms with E-state index >= 15 is 0 Å². The van der Waals surface area contributed by atoms with E-state index in [1.54, 1.807) is 6.19 Å². The molecule has 66 valence electrons. The third-order valence-corrected chi connectivity index (χ3v) is 1.91. The van der Waals surface area contributed by atoms with Gasteiger partial charge in [-0.15, -0.1) is 0 Å². The predicted molar refractivity (Wildman–Crippen MR) is 46.1 cm³/mol. The van der Waals surface area contributed by atoms with Crippen LogP contribution in [0.4, 0.5) is 0 Å². The van der Waals surface area contributed by atoms with Crippen molar-refractivity contribution < 1.29 is 9.59 Å². The van der Waals surface area contributed by atoms with E-state index < -0.39 is 0 Å². The van der Waals surface area contributed by atoms with Crippen molar-refractivity contribution in [2.45, 2.75) is 13.8 Å². The fraction of sp³-hybridized carbons (Fsp3) is 0.571. The molecule has 0 saturated carbocycles. The Bertz CT molecular complexity index is 222. The molecule has 0 atom stereocenters. The number of hydrogen-bond donors (Lipinski definition) is 0. The summed E-state index contributed by atoms with van der Waals surface area (Å²) in [6, 6.07) is 0. The van der Waals surface area contributed by atoms with Crippen LogP contribution in [0.2, 0.25) is 0 Å². The van der Waals surface area contributed by atoms with Gasteiger partial charge >= 0.3 is 0 Å². The van der Waals surface area contributed by atoms with Crippen LogP contribution in [0.3, 0.4) is 0 Å². The van der Waals surface area contributed by atoms with Crippen molar-refractivity contribution in [2.24, 2.45) is 0 Å². The largest absolute Gasteiger partial charge is 0.288 e. The van der Waals surface area contributed by atoms with E-state index in [4.69, 9.17) is 5.26 Å². The summed E-state index contributed by atoms with van der Waals surface area (Å²) >= 11 is 1.11. The SMILES string of the molecule is CC(=O)SCCN(C#N)C(C)=O. The van der Waals surface area contributed by atoms with Gasteiger partial charge in [0.1, 0.15) is 0 Å². The normalized spacial score (nSPS) is 8.75. The van der Waals surface area contributed by atoms with Crippen molar-refractivity contribution in [3.63, 3.8) is 0 Å². The minimum absolute atomic E-state index is 0.00329. The number of nitriles is 1. The third kappa shape index (κ3) is 4.74. The number of amides is 1. The lowest BCUT2D eigenvalue weighted by Gasteiger charge is -2.08. The molecule has 0 aliphatic heterocycles. The zero-order valence-corrected chi connectivity index (χ0v) is 7.85. The van der Waals surface area contributed by atoms with Gasteiger partial charge in [0, 0.05) is 26.1 Å². The van der Waals surface area contributed by atoms with E-state index in [9.17, 15) is 9.59 Å². The molecule has 0 fully saturated rings. The summed E-state index contributed by atoms with van der Waals surface area (Å²) in [6.07, 6.45) is 1.73. The monoisotopic (exact) mass is 186 g/mol. The second kappa shape index (κ2) is 5.61. The van der Waals surface area contributed by atoms with Crippen LogP contribution in [0.25, 0.3) is 0 Å². The average molecular weight is 186 g/mol. The number of nitrogens with zero attached hydrogens (tertiary/aromatic N) is 2. The molecule has 0 aliphatic rings. The smallest absolute Gasteiger partial charge is 0.232 e. The van der Waals surface area contributed by atoms with Gasteiger partial charge in [-0.2, -0.15) is 5.26 Å². The highest BCUT2D eigenvalue weighted by atomic mass is 32.2. The first kappa shape index (κ1) is 11.0. The quantitative estimate of drug-likeness (QED) is 0.478. The molecule has 4 nitrogen and oxygen atoms in total. The first-order valence-corrected chi connectivity index (χ1v) is 4.37. The summed E-state index contributed by atoms with van der Waals surface area (Å²) in [5.41, 5.74) is 0. The molecule has 0 rings (SSSR count). The molecule has 0 aromatic carbocycles. The summed E-state index contributed by atoms with van der Waals surface area (Å²) < 4.78 is 0. The Morgan fingerprint density at radius 3 is 2.42 bits per heavy atom. The van der Waals surface area contributed by atoms with Crippen LogP contribution in [-0.2, 0) is 9.59 Å². The lowest BCUT2D eigenvalue weighted by Crippen LogP contribution is -2.25. The molecule has 0 bridgehead atoms. The Morgan fingerprint density at radius 2 is 2.08 bits per heavy atom. The number of carbonyl (C=O) groups is 2. The molecule has 0 aliphatic carbocycles. The highest BCUT2D eigenvalue weighted by molar-refractivity contribution is 8.13. The van der Waals surface area contributed by atoms with Gasteiger partial charge in [-0.05, 0) is 0 Å². The Morgan fingerprint density at radius 1 is 1.50 bits per heavy atom. The van der Waals surface area contributed by atoms with Gasteiger partial charge in [-0.1, -0.05) is 11.8 Å². The van der Waals surface area contributed by atoms with Gasteiger partial charge in [0.05, 0.1) is 0 Å². The summed E-state index contributed by atoms with van der Waals surface area (Å²) in [4.78, 5) is 22.1. The van der Waals surface area contributed by atoms with E-state index in [0.29, 0.717) is 12.3 Å². The lowest BCUT2D eigenvalue weighted by molar-refractivity contribution is -0.125. The van der Waals surface area contributed by atoms with Crippen molar-refractivity contribution in [2.75, 3.05) is 12.3 Å². The summed E-state index contributed by atoms with van der Waals surface area (Å²) in [5.74, 6) is 0.185. The van der Waals surface area contributed by atoms with E-state index in [0.717, 1.165) is 16.7 Å². The van der Waals surface area contributed by atoms with E-state index in [-0.39, 0.29) is 11.0 Å². The fourth-order valence-corrected chi connectivity index (χ4v) is 1.12. The van der Waals surface area contributed by atoms with Crippen LogP contribution < -0.4 is 0 Å². The molecule has 12 heavy (non-hydrogen) atoms. The van der Waals surface area contributed by atoms with Crippen molar-refractivity contribution >= 4 is 22.8 Å². The highest BCUT2D eigenvalue weighted by Crippen LogP contribution is 2.01. The second-order valence-corrected chi connectivity index (χ2v) is 3.38. The molecule has 5 heteroatoms. The fourth-order valence-electron chi connectivity index (χ4n) is 0.559. The number of rotatable bonds is 3. The maximum atomic E-state index is 10.7. The van der Waals surface area contributed by atoms with E-state index in [2.05, 4.69) is 0 Å². The van der Waals surface area contributed by atoms with Crippen molar-refractivity contribution in [3.05, 3.63) is 0 Å². The van der Waals surface area contributed by atoms with Crippen LogP contribution >= 0.6 is 11.8 Å². The van der Waals surface area contributed by atoms with Crippen molar-refractivity contribution in [1.29, 1.82) is 5.26 Å². The van der Waals surface area contributed by atoms with Crippen molar-refractivity contribution in [3.8, 4) is 6.19 Å². The zero-order chi connectivity index (χ0) is 9.56. The summed E-state index contributed by atoms with van der Waals surface area (Å²) in [5, 5.41) is 8.42. The van der Waals surface area contributed by atoms with Crippen LogP contribution in [-0.4, -0.2) is 28.2 Å². The van der Waals surface area contributed by atoms with Crippen LogP contribution in [0.1, 0.15) is 13.8 Å². The molecule has 0 heterocycles. The lowest BCUT2D eigenvalue weighted by atomic mass is 10.5. The third-order valence-electron chi connectivity index (χ3n) is 1.12. The van der Waals surface area contributed by atoms with Crippen LogP contribution in [0.15, 0.2) is 0 Å². The second-order valence-electron chi connectivity index (χ2n) is 2.11. The Balaban J connectivity index is 3.68. The van der Waals surface area contributed by atoms with E-state index in [1.807, 2.05) is 0 Å². The Labute approximate surface area is 75.5 Å². The number of carbonyl (C=O) groups excluding carboxylic acids is 2. The molecule has 0 aromatic rings. The van der Waals surface area contributed by atoms with Gasteiger partial charge in [0.15, 0.2) is 11.3 Å². The van der Waals surface area contributed by atoms with Gasteiger partial charge in [0.2, 0.25) is 5.91 Å². The molecule has 0 N–H and O–H groups in total. The van der Waals surface area contributed by atoms with Crippen molar-refractivity contribution in [1.82, 2.24) is 4.90 Å². The van der Waals surface area contributed by atoms with Gasteiger partial charge in [-0.25, -0.2) is 4.90 Å². The van der Waals surface area contributed by atoms with Crippen LogP contribution in [0, 0.1) is 11.5 Å². The Kier molecular flexibility index (Phi) is 5.13. The first-order valence-electron chi connectivity index (χ1n) is 3.39. The maximum absolute atomic E-state index is 10.7. The molecule has 0 unspecified atom stereocenters. The number of thioether (sulfide) groups is 1. The van der Waals surface area contributed by atoms with Gasteiger partial charge < -0.3 is 0 Å².